The highest BCUT2D eigenvalue weighted by molar-refractivity contribution is 5.31. The number of ether oxygens (including phenoxy) is 1. The molecule has 3 aromatic rings. The molecule has 0 unspecified atom stereocenters. The van der Waals surface area contributed by atoms with Crippen molar-refractivity contribution in [1.29, 1.82) is 0 Å². The molecule has 0 spiro atoms. The Balaban J connectivity index is 1.86. The van der Waals surface area contributed by atoms with Gasteiger partial charge in [-0.3, -0.25) is 19.7 Å². The van der Waals surface area contributed by atoms with Crippen molar-refractivity contribution in [2.45, 2.75) is 20.1 Å². The number of aromatic nitrogens is 2. The van der Waals surface area contributed by atoms with Crippen LogP contribution in [0.4, 0.5) is 5.69 Å². The van der Waals surface area contributed by atoms with E-state index in [9.17, 15) is 19.7 Å². The zero-order valence-electron chi connectivity index (χ0n) is 15.5. The standard InChI is InChI=1S/C20H19N3O5/c1-14-8-17(23(26)27)11-22(20(14)25)10-16-9-18(24)19(12-21(16)2)28-13-15-6-4-3-5-7-15/h3-9,11-12H,10,13H2,1-2H3. The van der Waals surface area contributed by atoms with E-state index in [1.807, 2.05) is 30.3 Å². The second-order valence-electron chi connectivity index (χ2n) is 6.45. The van der Waals surface area contributed by atoms with Crippen LogP contribution in [0.5, 0.6) is 5.75 Å². The van der Waals surface area contributed by atoms with Crippen molar-refractivity contribution in [2.24, 2.45) is 7.05 Å². The lowest BCUT2D eigenvalue weighted by Crippen LogP contribution is -2.25. The minimum Gasteiger partial charge on any atom is -0.483 e. The predicted octanol–water partition coefficient (Wildman–Crippen LogP) is 2.39. The normalized spacial score (nSPS) is 10.6. The topological polar surface area (TPSA) is 96.4 Å². The van der Waals surface area contributed by atoms with E-state index in [4.69, 9.17) is 4.74 Å². The Bertz CT molecular complexity index is 1130. The van der Waals surface area contributed by atoms with Crippen molar-refractivity contribution < 1.29 is 9.66 Å². The minimum absolute atomic E-state index is 0.0338. The van der Waals surface area contributed by atoms with E-state index in [2.05, 4.69) is 0 Å². The molecule has 8 heteroatoms. The summed E-state index contributed by atoms with van der Waals surface area (Å²) in [6.07, 6.45) is 2.73. The third kappa shape index (κ3) is 4.17. The van der Waals surface area contributed by atoms with E-state index in [-0.39, 0.29) is 41.1 Å². The Morgan fingerprint density at radius 3 is 2.50 bits per heavy atom. The van der Waals surface area contributed by atoms with Gasteiger partial charge in [0.2, 0.25) is 5.43 Å². The fourth-order valence-electron chi connectivity index (χ4n) is 2.81. The van der Waals surface area contributed by atoms with E-state index in [1.165, 1.54) is 29.8 Å². The van der Waals surface area contributed by atoms with Gasteiger partial charge in [-0.25, -0.2) is 0 Å². The van der Waals surface area contributed by atoms with Crippen LogP contribution in [0.2, 0.25) is 0 Å². The molecular formula is C20H19N3O5. The van der Waals surface area contributed by atoms with Crippen LogP contribution in [-0.2, 0) is 20.2 Å². The van der Waals surface area contributed by atoms with Gasteiger partial charge in [-0.1, -0.05) is 30.3 Å². The molecule has 0 aliphatic rings. The SMILES string of the molecule is Cc1cc([N+](=O)[O-])cn(Cc2cc(=O)c(OCc3ccccc3)cn2C)c1=O. The number of benzene rings is 1. The molecule has 0 amide bonds. The maximum atomic E-state index is 12.4. The number of aryl methyl sites for hydroxylation is 2. The van der Waals surface area contributed by atoms with Crippen LogP contribution in [-0.4, -0.2) is 14.1 Å². The quantitative estimate of drug-likeness (QED) is 0.482. The van der Waals surface area contributed by atoms with Crippen molar-refractivity contribution in [2.75, 3.05) is 0 Å². The first-order chi connectivity index (χ1) is 13.3. The van der Waals surface area contributed by atoms with Gasteiger partial charge in [-0.15, -0.1) is 0 Å². The molecule has 0 bridgehead atoms. The lowest BCUT2D eigenvalue weighted by molar-refractivity contribution is -0.385. The monoisotopic (exact) mass is 381 g/mol. The van der Waals surface area contributed by atoms with Crippen LogP contribution in [0.1, 0.15) is 16.8 Å². The van der Waals surface area contributed by atoms with Crippen molar-refractivity contribution in [3.05, 3.63) is 102 Å². The molecule has 0 aliphatic heterocycles. The van der Waals surface area contributed by atoms with Crippen LogP contribution in [0.25, 0.3) is 0 Å². The average molecular weight is 381 g/mol. The summed E-state index contributed by atoms with van der Waals surface area (Å²) in [6, 6.07) is 12.1. The van der Waals surface area contributed by atoms with Crippen molar-refractivity contribution in [3.63, 3.8) is 0 Å². The summed E-state index contributed by atoms with van der Waals surface area (Å²) in [5.74, 6) is 0.192. The van der Waals surface area contributed by atoms with Crippen molar-refractivity contribution >= 4 is 5.69 Å². The first kappa shape index (κ1) is 19.1. The van der Waals surface area contributed by atoms with Crippen LogP contribution < -0.4 is 15.7 Å². The second kappa shape index (κ2) is 7.91. The van der Waals surface area contributed by atoms with Crippen LogP contribution in [0.15, 0.2) is 64.4 Å². The summed E-state index contributed by atoms with van der Waals surface area (Å²) in [5.41, 5.74) is 0.889. The van der Waals surface area contributed by atoms with Gasteiger partial charge in [-0.05, 0) is 12.5 Å². The highest BCUT2D eigenvalue weighted by atomic mass is 16.6. The van der Waals surface area contributed by atoms with Crippen molar-refractivity contribution in [1.82, 2.24) is 9.13 Å². The highest BCUT2D eigenvalue weighted by Crippen LogP contribution is 2.13. The van der Waals surface area contributed by atoms with Crippen LogP contribution in [0, 0.1) is 17.0 Å². The van der Waals surface area contributed by atoms with Gasteiger partial charge >= 0.3 is 0 Å². The molecule has 0 saturated carbocycles. The molecule has 0 radical (unpaired) electrons. The maximum absolute atomic E-state index is 12.4. The maximum Gasteiger partial charge on any atom is 0.286 e. The second-order valence-corrected chi connectivity index (χ2v) is 6.45. The van der Waals surface area contributed by atoms with Gasteiger partial charge in [0, 0.05) is 30.4 Å². The van der Waals surface area contributed by atoms with Gasteiger partial charge < -0.3 is 13.9 Å². The Labute approximate surface area is 160 Å². The summed E-state index contributed by atoms with van der Waals surface area (Å²) in [4.78, 5) is 35.2. The third-order valence-corrected chi connectivity index (χ3v) is 4.34. The minimum atomic E-state index is -0.553. The molecule has 3 rings (SSSR count). The van der Waals surface area contributed by atoms with Crippen molar-refractivity contribution in [3.8, 4) is 5.75 Å². The lowest BCUT2D eigenvalue weighted by Gasteiger charge is -2.13. The molecule has 0 aliphatic carbocycles. The molecule has 144 valence electrons. The van der Waals surface area contributed by atoms with Gasteiger partial charge in [0.15, 0.2) is 5.75 Å². The third-order valence-electron chi connectivity index (χ3n) is 4.34. The Kier molecular flexibility index (Phi) is 5.39. The Morgan fingerprint density at radius 1 is 1.11 bits per heavy atom. The summed E-state index contributed by atoms with van der Waals surface area (Å²) in [5, 5.41) is 11.0. The fraction of sp³-hybridized carbons (Fsp3) is 0.200. The molecule has 0 fully saturated rings. The van der Waals surface area contributed by atoms with E-state index < -0.39 is 4.92 Å². The van der Waals surface area contributed by atoms with E-state index in [0.29, 0.717) is 5.69 Å². The zero-order valence-corrected chi connectivity index (χ0v) is 15.5. The fourth-order valence-corrected chi connectivity index (χ4v) is 2.81. The number of pyridine rings is 2. The molecule has 2 heterocycles. The van der Waals surface area contributed by atoms with Crippen LogP contribution >= 0.6 is 0 Å². The molecule has 1 aromatic carbocycles. The van der Waals surface area contributed by atoms with Gasteiger partial charge in [0.05, 0.1) is 23.9 Å². The number of hydrogen-bond acceptors (Lipinski definition) is 5. The van der Waals surface area contributed by atoms with E-state index in [1.54, 1.807) is 17.8 Å². The molecule has 2 aromatic heterocycles. The number of nitrogens with zero attached hydrogens (tertiary/aromatic N) is 3. The molecule has 8 nitrogen and oxygen atoms in total. The average Bonchev–Trinajstić information content (AvgIpc) is 2.67. The predicted molar refractivity (Wildman–Crippen MR) is 104 cm³/mol. The van der Waals surface area contributed by atoms with Gasteiger partial charge in [0.1, 0.15) is 6.61 Å². The lowest BCUT2D eigenvalue weighted by atomic mass is 10.2. The summed E-state index contributed by atoms with van der Waals surface area (Å²) in [6.45, 7) is 1.82. The summed E-state index contributed by atoms with van der Waals surface area (Å²) >= 11 is 0. The first-order valence-electron chi connectivity index (χ1n) is 8.57. The Morgan fingerprint density at radius 2 is 1.82 bits per heavy atom. The molecule has 0 N–H and O–H groups in total. The summed E-state index contributed by atoms with van der Waals surface area (Å²) < 4.78 is 8.51. The molecule has 28 heavy (non-hydrogen) atoms. The highest BCUT2D eigenvalue weighted by Gasteiger charge is 2.13. The Hall–Kier alpha value is -3.68. The number of rotatable bonds is 6. The molecule has 0 atom stereocenters. The van der Waals surface area contributed by atoms with E-state index in [0.717, 1.165) is 5.56 Å². The number of nitro groups is 1. The van der Waals surface area contributed by atoms with Crippen LogP contribution in [0.3, 0.4) is 0 Å². The number of hydrogen-bond donors (Lipinski definition) is 0. The summed E-state index contributed by atoms with van der Waals surface area (Å²) in [7, 11) is 1.72. The molecular weight excluding hydrogens is 362 g/mol. The smallest absolute Gasteiger partial charge is 0.286 e. The first-order valence-corrected chi connectivity index (χ1v) is 8.57. The van der Waals surface area contributed by atoms with Gasteiger partial charge in [-0.2, -0.15) is 0 Å². The van der Waals surface area contributed by atoms with Gasteiger partial charge in [0.25, 0.3) is 11.2 Å². The molecule has 0 saturated heterocycles. The largest absolute Gasteiger partial charge is 0.483 e. The van der Waals surface area contributed by atoms with E-state index >= 15 is 0 Å². The zero-order chi connectivity index (χ0) is 20.3.